The average molecular weight is 262 g/mol. The second kappa shape index (κ2) is 4.96. The first-order valence-corrected chi connectivity index (χ1v) is 7.13. The predicted octanol–water partition coefficient (Wildman–Crippen LogP) is 1.37. The van der Waals surface area contributed by atoms with Crippen molar-refractivity contribution in [2.45, 2.75) is 39.3 Å². The number of anilines is 1. The van der Waals surface area contributed by atoms with Gasteiger partial charge in [-0.1, -0.05) is 0 Å². The Kier molecular flexibility index (Phi) is 3.31. The third-order valence-electron chi connectivity index (χ3n) is 3.88. The zero-order valence-corrected chi connectivity index (χ0v) is 11.9. The zero-order chi connectivity index (χ0) is 13.4. The van der Waals surface area contributed by atoms with Crippen molar-refractivity contribution < 1.29 is 4.74 Å². The van der Waals surface area contributed by atoms with E-state index in [1.807, 2.05) is 26.8 Å². The van der Waals surface area contributed by atoms with Crippen LogP contribution in [0.25, 0.3) is 0 Å². The summed E-state index contributed by atoms with van der Waals surface area (Å²) in [5.74, 6) is 2.26. The van der Waals surface area contributed by atoms with E-state index in [4.69, 9.17) is 4.74 Å². The zero-order valence-electron chi connectivity index (χ0n) is 11.9. The van der Waals surface area contributed by atoms with Crippen molar-refractivity contribution in [3.8, 4) is 5.88 Å². The fourth-order valence-corrected chi connectivity index (χ4v) is 3.05. The standard InChI is InChI=1S/C14H22N4O/c1-9(2)19-13-6-10(3)16-14(17-13)18-5-4-11-7-15-8-12(11)18/h6,9,11-12,15H,4-5,7-8H2,1-3H3/t11-,12+/m0/s1. The largest absolute Gasteiger partial charge is 0.475 e. The molecule has 2 saturated heterocycles. The van der Waals surface area contributed by atoms with Gasteiger partial charge < -0.3 is 15.0 Å². The Hall–Kier alpha value is -1.36. The molecular weight excluding hydrogens is 240 g/mol. The molecule has 0 spiro atoms. The molecule has 0 aromatic carbocycles. The van der Waals surface area contributed by atoms with Crippen LogP contribution in [0.15, 0.2) is 6.07 Å². The van der Waals surface area contributed by atoms with Crippen LogP contribution in [0.2, 0.25) is 0 Å². The summed E-state index contributed by atoms with van der Waals surface area (Å²) in [4.78, 5) is 11.5. The van der Waals surface area contributed by atoms with Crippen LogP contribution in [-0.4, -0.2) is 41.7 Å². The van der Waals surface area contributed by atoms with Crippen molar-refractivity contribution in [2.24, 2.45) is 5.92 Å². The third-order valence-corrected chi connectivity index (χ3v) is 3.88. The number of nitrogens with one attached hydrogen (secondary N) is 1. The van der Waals surface area contributed by atoms with E-state index in [1.54, 1.807) is 0 Å². The number of hydrogen-bond acceptors (Lipinski definition) is 5. The second-order valence-electron chi connectivity index (χ2n) is 5.78. The Morgan fingerprint density at radius 3 is 3.00 bits per heavy atom. The molecule has 0 unspecified atom stereocenters. The monoisotopic (exact) mass is 262 g/mol. The smallest absolute Gasteiger partial charge is 0.229 e. The summed E-state index contributed by atoms with van der Waals surface area (Å²) in [6.07, 6.45) is 1.37. The summed E-state index contributed by atoms with van der Waals surface area (Å²) in [7, 11) is 0. The lowest BCUT2D eigenvalue weighted by atomic mass is 10.1. The van der Waals surface area contributed by atoms with Gasteiger partial charge in [-0.3, -0.25) is 0 Å². The molecule has 1 aromatic heterocycles. The van der Waals surface area contributed by atoms with Gasteiger partial charge in [-0.15, -0.1) is 0 Å². The molecule has 5 nitrogen and oxygen atoms in total. The summed E-state index contributed by atoms with van der Waals surface area (Å²) in [6, 6.07) is 2.46. The molecule has 0 saturated carbocycles. The SMILES string of the molecule is Cc1cc(OC(C)C)nc(N2CC[C@H]3CNC[C@H]32)n1. The van der Waals surface area contributed by atoms with Gasteiger partial charge in [-0.05, 0) is 33.1 Å². The highest BCUT2D eigenvalue weighted by Gasteiger charge is 2.38. The van der Waals surface area contributed by atoms with E-state index in [9.17, 15) is 0 Å². The second-order valence-corrected chi connectivity index (χ2v) is 5.78. The van der Waals surface area contributed by atoms with Crippen molar-refractivity contribution in [1.82, 2.24) is 15.3 Å². The molecule has 19 heavy (non-hydrogen) atoms. The molecule has 0 amide bonds. The lowest BCUT2D eigenvalue weighted by Crippen LogP contribution is -2.35. The summed E-state index contributed by atoms with van der Waals surface area (Å²) < 4.78 is 5.71. The average Bonchev–Trinajstić information content (AvgIpc) is 2.87. The normalized spacial score (nSPS) is 26.0. The first-order chi connectivity index (χ1) is 9.13. The minimum atomic E-state index is 0.140. The molecule has 2 fully saturated rings. The van der Waals surface area contributed by atoms with Gasteiger partial charge >= 0.3 is 0 Å². The van der Waals surface area contributed by atoms with Crippen LogP contribution in [0.1, 0.15) is 26.0 Å². The van der Waals surface area contributed by atoms with Crippen molar-refractivity contribution in [2.75, 3.05) is 24.5 Å². The van der Waals surface area contributed by atoms with Gasteiger partial charge in [0.25, 0.3) is 0 Å². The highest BCUT2D eigenvalue weighted by molar-refractivity contribution is 5.38. The highest BCUT2D eigenvalue weighted by Crippen LogP contribution is 2.30. The number of hydrogen-bond donors (Lipinski definition) is 1. The van der Waals surface area contributed by atoms with E-state index in [-0.39, 0.29) is 6.10 Å². The van der Waals surface area contributed by atoms with Crippen molar-refractivity contribution in [3.05, 3.63) is 11.8 Å². The number of rotatable bonds is 3. The molecular formula is C14H22N4O. The van der Waals surface area contributed by atoms with E-state index in [1.165, 1.54) is 6.42 Å². The molecule has 3 heterocycles. The maximum Gasteiger partial charge on any atom is 0.229 e. The minimum absolute atomic E-state index is 0.140. The first-order valence-electron chi connectivity index (χ1n) is 7.13. The van der Waals surface area contributed by atoms with E-state index in [0.717, 1.165) is 37.2 Å². The Bertz CT molecular complexity index is 463. The van der Waals surface area contributed by atoms with Crippen molar-refractivity contribution in [1.29, 1.82) is 0 Å². The lowest BCUT2D eigenvalue weighted by Gasteiger charge is -2.24. The van der Waals surface area contributed by atoms with Crippen LogP contribution < -0.4 is 15.0 Å². The van der Waals surface area contributed by atoms with Crippen LogP contribution in [0.4, 0.5) is 5.95 Å². The van der Waals surface area contributed by atoms with E-state index in [2.05, 4.69) is 20.2 Å². The van der Waals surface area contributed by atoms with E-state index < -0.39 is 0 Å². The van der Waals surface area contributed by atoms with Crippen LogP contribution in [0.3, 0.4) is 0 Å². The highest BCUT2D eigenvalue weighted by atomic mass is 16.5. The lowest BCUT2D eigenvalue weighted by molar-refractivity contribution is 0.232. The van der Waals surface area contributed by atoms with Crippen LogP contribution in [0, 0.1) is 12.8 Å². The molecule has 2 atom stereocenters. The van der Waals surface area contributed by atoms with Crippen molar-refractivity contribution >= 4 is 5.95 Å². The number of ether oxygens (including phenoxy) is 1. The molecule has 0 bridgehead atoms. The molecule has 2 aliphatic rings. The van der Waals surface area contributed by atoms with Crippen LogP contribution in [-0.2, 0) is 0 Å². The Morgan fingerprint density at radius 1 is 1.37 bits per heavy atom. The van der Waals surface area contributed by atoms with Crippen LogP contribution in [0.5, 0.6) is 5.88 Å². The molecule has 2 aliphatic heterocycles. The topological polar surface area (TPSA) is 50.3 Å². The summed E-state index contributed by atoms with van der Waals surface area (Å²) in [5.41, 5.74) is 0.968. The fraction of sp³-hybridized carbons (Fsp3) is 0.714. The van der Waals surface area contributed by atoms with Crippen LogP contribution >= 0.6 is 0 Å². The van der Waals surface area contributed by atoms with Gasteiger partial charge in [0.1, 0.15) is 0 Å². The molecule has 0 radical (unpaired) electrons. The molecule has 1 N–H and O–H groups in total. The number of aryl methyl sites for hydroxylation is 1. The summed E-state index contributed by atoms with van der Waals surface area (Å²) in [6.45, 7) is 9.26. The van der Waals surface area contributed by atoms with Gasteiger partial charge in [-0.25, -0.2) is 4.98 Å². The fourth-order valence-electron chi connectivity index (χ4n) is 3.05. The first kappa shape index (κ1) is 12.7. The molecule has 0 aliphatic carbocycles. The molecule has 5 heteroatoms. The Morgan fingerprint density at radius 2 is 2.21 bits per heavy atom. The van der Waals surface area contributed by atoms with Gasteiger partial charge in [0.2, 0.25) is 11.8 Å². The molecule has 3 rings (SSSR count). The van der Waals surface area contributed by atoms with Gasteiger partial charge in [0.05, 0.1) is 6.10 Å². The summed E-state index contributed by atoms with van der Waals surface area (Å²) >= 11 is 0. The number of aromatic nitrogens is 2. The third kappa shape index (κ3) is 2.52. The molecule has 104 valence electrons. The number of fused-ring (bicyclic) bond motifs is 1. The number of nitrogens with zero attached hydrogens (tertiary/aromatic N) is 3. The van der Waals surface area contributed by atoms with E-state index in [0.29, 0.717) is 11.9 Å². The molecule has 1 aromatic rings. The summed E-state index contributed by atoms with van der Waals surface area (Å²) in [5, 5.41) is 3.46. The van der Waals surface area contributed by atoms with Gasteiger partial charge in [-0.2, -0.15) is 4.98 Å². The van der Waals surface area contributed by atoms with Gasteiger partial charge in [0.15, 0.2) is 0 Å². The predicted molar refractivity (Wildman–Crippen MR) is 74.6 cm³/mol. The van der Waals surface area contributed by atoms with Gasteiger partial charge in [0, 0.05) is 37.4 Å². The van der Waals surface area contributed by atoms with E-state index >= 15 is 0 Å². The Balaban J connectivity index is 1.85. The van der Waals surface area contributed by atoms with Crippen molar-refractivity contribution in [3.63, 3.8) is 0 Å². The Labute approximate surface area is 114 Å². The maximum absolute atomic E-state index is 5.71. The maximum atomic E-state index is 5.71. The minimum Gasteiger partial charge on any atom is -0.475 e. The quantitative estimate of drug-likeness (QED) is 0.891.